The highest BCUT2D eigenvalue weighted by Crippen LogP contribution is 2.54. The minimum absolute atomic E-state index is 0.0352. The van der Waals surface area contributed by atoms with E-state index in [0.29, 0.717) is 24.5 Å². The molecule has 2 aromatic carbocycles. The van der Waals surface area contributed by atoms with Crippen molar-refractivity contribution >= 4 is 14.4 Å². The Labute approximate surface area is 225 Å². The van der Waals surface area contributed by atoms with Gasteiger partial charge >= 0.3 is 6.09 Å². The first-order valence-electron chi connectivity index (χ1n) is 13.7. The summed E-state index contributed by atoms with van der Waals surface area (Å²) < 4.78 is 12.6. The van der Waals surface area contributed by atoms with Crippen molar-refractivity contribution in [1.29, 1.82) is 0 Å². The molecule has 1 aliphatic heterocycles. The van der Waals surface area contributed by atoms with Crippen LogP contribution in [0.2, 0.25) is 18.1 Å². The first-order valence-corrected chi connectivity index (χ1v) is 16.6. The summed E-state index contributed by atoms with van der Waals surface area (Å²) in [4.78, 5) is 17.8. The lowest BCUT2D eigenvalue weighted by atomic mass is 10.1. The second-order valence-electron chi connectivity index (χ2n) is 13.4. The number of ether oxygens (including phenoxy) is 1. The van der Waals surface area contributed by atoms with Crippen LogP contribution < -0.4 is 0 Å². The molecule has 1 amide bonds. The Morgan fingerprint density at radius 1 is 0.919 bits per heavy atom. The van der Waals surface area contributed by atoms with Crippen molar-refractivity contribution in [2.45, 2.75) is 90.4 Å². The van der Waals surface area contributed by atoms with Gasteiger partial charge in [-0.25, -0.2) is 4.79 Å². The number of hydrogen-bond acceptors (Lipinski definition) is 4. The molecular formula is C31H46N2O3Si. The molecule has 0 spiro atoms. The van der Waals surface area contributed by atoms with Gasteiger partial charge in [0.2, 0.25) is 0 Å². The Kier molecular flexibility index (Phi) is 7.94. The van der Waals surface area contributed by atoms with Crippen molar-refractivity contribution in [3.05, 3.63) is 71.8 Å². The maximum absolute atomic E-state index is 13.3. The molecular weight excluding hydrogens is 476 g/mol. The van der Waals surface area contributed by atoms with Crippen molar-refractivity contribution < 1.29 is 14.0 Å². The maximum atomic E-state index is 13.3. The Hall–Kier alpha value is -2.15. The van der Waals surface area contributed by atoms with Gasteiger partial charge in [0.05, 0.1) is 12.6 Å². The summed E-state index contributed by atoms with van der Waals surface area (Å²) in [6.07, 6.45) is -0.208. The Morgan fingerprint density at radius 3 is 1.89 bits per heavy atom. The van der Waals surface area contributed by atoms with E-state index >= 15 is 0 Å². The molecule has 0 N–H and O–H groups in total. The fourth-order valence-electron chi connectivity index (χ4n) is 5.35. The number of fused-ring (bicyclic) bond motifs is 1. The zero-order chi connectivity index (χ0) is 27.0. The summed E-state index contributed by atoms with van der Waals surface area (Å²) in [6, 6.07) is 21.9. The molecule has 0 bridgehead atoms. The van der Waals surface area contributed by atoms with Crippen LogP contribution in [-0.2, 0) is 22.3 Å². The number of benzene rings is 2. The lowest BCUT2D eigenvalue weighted by Crippen LogP contribution is -2.50. The predicted octanol–water partition coefficient (Wildman–Crippen LogP) is 6.94. The van der Waals surface area contributed by atoms with Gasteiger partial charge in [-0.1, -0.05) is 81.4 Å². The van der Waals surface area contributed by atoms with Crippen LogP contribution in [-0.4, -0.2) is 55.0 Å². The number of carbonyl (C=O) groups is 1. The fraction of sp³-hybridized carbons (Fsp3) is 0.581. The molecule has 0 unspecified atom stereocenters. The predicted molar refractivity (Wildman–Crippen MR) is 153 cm³/mol. The lowest BCUT2D eigenvalue weighted by molar-refractivity contribution is 0.0102. The van der Waals surface area contributed by atoms with Gasteiger partial charge in [0.1, 0.15) is 5.60 Å². The van der Waals surface area contributed by atoms with E-state index in [9.17, 15) is 4.79 Å². The Morgan fingerprint density at radius 2 is 1.43 bits per heavy atom. The highest BCUT2D eigenvalue weighted by atomic mass is 28.4. The van der Waals surface area contributed by atoms with E-state index in [1.165, 1.54) is 11.1 Å². The second-order valence-corrected chi connectivity index (χ2v) is 18.2. The third-order valence-electron chi connectivity index (χ3n) is 8.37. The van der Waals surface area contributed by atoms with E-state index in [0.717, 1.165) is 19.6 Å². The monoisotopic (exact) mass is 522 g/mol. The molecule has 37 heavy (non-hydrogen) atoms. The van der Waals surface area contributed by atoms with Crippen LogP contribution in [0, 0.1) is 11.8 Å². The van der Waals surface area contributed by atoms with Gasteiger partial charge in [-0.3, -0.25) is 4.90 Å². The average Bonchev–Trinajstić information content (AvgIpc) is 3.38. The zero-order valence-electron chi connectivity index (χ0n) is 24.0. The van der Waals surface area contributed by atoms with Crippen LogP contribution in [0.15, 0.2) is 60.7 Å². The molecule has 2 aromatic rings. The normalized spacial score (nSPS) is 23.8. The first-order chi connectivity index (χ1) is 17.3. The zero-order valence-corrected chi connectivity index (χ0v) is 25.0. The summed E-state index contributed by atoms with van der Waals surface area (Å²) in [5, 5.41) is 0.122. The van der Waals surface area contributed by atoms with Crippen LogP contribution in [0.5, 0.6) is 0 Å². The second kappa shape index (κ2) is 10.5. The summed E-state index contributed by atoms with van der Waals surface area (Å²) in [7, 11) is -1.96. The van der Waals surface area contributed by atoms with Crippen molar-refractivity contribution in [3.63, 3.8) is 0 Å². The largest absolute Gasteiger partial charge is 0.444 e. The quantitative estimate of drug-likeness (QED) is 0.352. The van der Waals surface area contributed by atoms with E-state index in [1.54, 1.807) is 0 Å². The molecule has 2 aliphatic rings. The molecule has 4 rings (SSSR count). The first kappa shape index (κ1) is 27.9. The topological polar surface area (TPSA) is 42.0 Å². The number of nitrogens with zero attached hydrogens (tertiary/aromatic N) is 2. The minimum Gasteiger partial charge on any atom is -0.444 e. The SMILES string of the molecule is CC(C)(C)OC(=O)N1C[C@@H]2[C@@H]([C@H]2N(Cc2ccccc2)Cc2ccccc2)[C@@H]1CO[Si](C)(C)C(C)(C)C. The van der Waals surface area contributed by atoms with E-state index in [1.807, 2.05) is 25.7 Å². The van der Waals surface area contributed by atoms with Crippen molar-refractivity contribution in [3.8, 4) is 0 Å². The van der Waals surface area contributed by atoms with E-state index in [4.69, 9.17) is 9.16 Å². The van der Waals surface area contributed by atoms with E-state index < -0.39 is 13.9 Å². The molecule has 2 fully saturated rings. The molecule has 1 aliphatic carbocycles. The van der Waals surface area contributed by atoms with Crippen LogP contribution >= 0.6 is 0 Å². The number of piperidine rings is 1. The van der Waals surface area contributed by atoms with Crippen LogP contribution in [0.4, 0.5) is 4.79 Å². The molecule has 1 saturated heterocycles. The van der Waals surface area contributed by atoms with Gasteiger partial charge in [0, 0.05) is 31.6 Å². The summed E-state index contributed by atoms with van der Waals surface area (Å²) in [5.41, 5.74) is 2.13. The van der Waals surface area contributed by atoms with Gasteiger partial charge in [-0.05, 0) is 55.9 Å². The van der Waals surface area contributed by atoms with Gasteiger partial charge in [0.25, 0.3) is 0 Å². The molecule has 6 heteroatoms. The molecule has 0 aromatic heterocycles. The Bertz CT molecular complexity index is 1000. The fourth-order valence-corrected chi connectivity index (χ4v) is 6.37. The smallest absolute Gasteiger partial charge is 0.410 e. The number of carbonyl (C=O) groups excluding carboxylic acids is 1. The average molecular weight is 523 g/mol. The van der Waals surface area contributed by atoms with Gasteiger partial charge in [0.15, 0.2) is 8.32 Å². The Balaban J connectivity index is 1.56. The van der Waals surface area contributed by atoms with Gasteiger partial charge < -0.3 is 14.1 Å². The number of hydrogen-bond donors (Lipinski definition) is 0. The van der Waals surface area contributed by atoms with Crippen LogP contribution in [0.3, 0.4) is 0 Å². The van der Waals surface area contributed by atoms with Crippen molar-refractivity contribution in [2.75, 3.05) is 13.2 Å². The van der Waals surface area contributed by atoms with E-state index in [2.05, 4.69) is 99.4 Å². The third-order valence-corrected chi connectivity index (χ3v) is 12.9. The summed E-state index contributed by atoms with van der Waals surface area (Å²) in [5.74, 6) is 0.831. The number of amides is 1. The molecule has 202 valence electrons. The van der Waals surface area contributed by atoms with Crippen LogP contribution in [0.1, 0.15) is 52.7 Å². The summed E-state index contributed by atoms with van der Waals surface area (Å²) in [6.45, 7) is 20.3. The molecule has 5 nitrogen and oxygen atoms in total. The van der Waals surface area contributed by atoms with Crippen molar-refractivity contribution in [2.24, 2.45) is 11.8 Å². The molecule has 4 atom stereocenters. The van der Waals surface area contributed by atoms with Crippen LogP contribution in [0.25, 0.3) is 0 Å². The molecule has 1 heterocycles. The number of rotatable bonds is 8. The highest BCUT2D eigenvalue weighted by Gasteiger charge is 2.64. The lowest BCUT2D eigenvalue weighted by Gasteiger charge is -2.39. The third kappa shape index (κ3) is 6.65. The maximum Gasteiger partial charge on any atom is 0.410 e. The minimum atomic E-state index is -1.96. The van der Waals surface area contributed by atoms with Crippen molar-refractivity contribution in [1.82, 2.24) is 9.80 Å². The highest BCUT2D eigenvalue weighted by molar-refractivity contribution is 6.74. The number of likely N-dealkylation sites (tertiary alicyclic amines) is 1. The van der Waals surface area contributed by atoms with Gasteiger partial charge in [-0.2, -0.15) is 0 Å². The molecule has 1 saturated carbocycles. The van der Waals surface area contributed by atoms with E-state index in [-0.39, 0.29) is 17.2 Å². The standard InChI is InChI=1S/C31H46N2O3Si/c1-30(2,3)36-29(34)33-21-25-27(26(33)22-35-37(7,8)31(4,5)6)28(25)32(19-23-15-11-9-12-16-23)20-24-17-13-10-14-18-24/h9-18,25-28H,19-22H2,1-8H3/t25-,26+,27-,28+/m1/s1. The summed E-state index contributed by atoms with van der Waals surface area (Å²) >= 11 is 0. The van der Waals surface area contributed by atoms with Gasteiger partial charge in [-0.15, -0.1) is 0 Å². The molecule has 0 radical (unpaired) electrons.